The molecule has 0 unspecified atom stereocenters. The van der Waals surface area contributed by atoms with Gasteiger partial charge in [-0.1, -0.05) is 13.8 Å². The normalized spacial score (nSPS) is 11.8. The van der Waals surface area contributed by atoms with Gasteiger partial charge < -0.3 is 16.0 Å². The smallest absolute Gasteiger partial charge is 0.222 e. The first-order chi connectivity index (χ1) is 11.6. The summed E-state index contributed by atoms with van der Waals surface area (Å²) >= 11 is 5.92. The fourth-order valence-corrected chi connectivity index (χ4v) is 3.69. The molecule has 0 saturated carbocycles. The van der Waals surface area contributed by atoms with Crippen LogP contribution in [0.15, 0.2) is 18.2 Å². The molecule has 0 aliphatic carbocycles. The van der Waals surface area contributed by atoms with E-state index in [1.165, 1.54) is 11.2 Å². The number of nitrogen functional groups attached to an aromatic ring is 2. The Balaban J connectivity index is 2.33. The van der Waals surface area contributed by atoms with Gasteiger partial charge in [-0.25, -0.2) is 4.98 Å². The summed E-state index contributed by atoms with van der Waals surface area (Å²) in [4.78, 5) is 8.48. The van der Waals surface area contributed by atoms with Gasteiger partial charge in [-0.05, 0) is 43.9 Å². The molecule has 0 aliphatic rings. The average molecular weight is 346 g/mol. The summed E-state index contributed by atoms with van der Waals surface area (Å²) in [7, 11) is 0. The van der Waals surface area contributed by atoms with Crippen LogP contribution in [-0.4, -0.2) is 20.4 Å². The Kier molecular flexibility index (Phi) is 4.81. The summed E-state index contributed by atoms with van der Waals surface area (Å²) in [5.74, 6) is 1.31. The van der Waals surface area contributed by atoms with Crippen molar-refractivity contribution in [1.29, 1.82) is 0 Å². The Morgan fingerprint density at radius 2 is 1.92 bits per heavy atom. The van der Waals surface area contributed by atoms with E-state index in [9.17, 15) is 0 Å². The SMILES string of the molecule is CCC(CC)n1c(CCCCl)cc2c3c(N)nc(N)nc3ccc21. The molecular formula is C18H24ClN5. The number of aromatic nitrogens is 3. The molecule has 24 heavy (non-hydrogen) atoms. The van der Waals surface area contributed by atoms with Crippen molar-refractivity contribution in [2.45, 2.75) is 45.6 Å². The molecule has 6 heteroatoms. The molecule has 0 aliphatic heterocycles. The van der Waals surface area contributed by atoms with Gasteiger partial charge in [0.2, 0.25) is 5.95 Å². The van der Waals surface area contributed by atoms with Crippen LogP contribution in [0.2, 0.25) is 0 Å². The lowest BCUT2D eigenvalue weighted by Gasteiger charge is -2.20. The monoisotopic (exact) mass is 345 g/mol. The molecule has 1 aromatic carbocycles. The first-order valence-electron chi connectivity index (χ1n) is 8.52. The second kappa shape index (κ2) is 6.85. The molecule has 4 N–H and O–H groups in total. The number of hydrogen-bond acceptors (Lipinski definition) is 4. The van der Waals surface area contributed by atoms with Gasteiger partial charge in [-0.3, -0.25) is 0 Å². The highest BCUT2D eigenvalue weighted by molar-refractivity contribution is 6.17. The second-order valence-corrected chi connectivity index (χ2v) is 6.51. The topological polar surface area (TPSA) is 82.8 Å². The largest absolute Gasteiger partial charge is 0.383 e. The molecule has 0 spiro atoms. The van der Waals surface area contributed by atoms with Crippen molar-refractivity contribution in [1.82, 2.24) is 14.5 Å². The molecule has 2 aromatic heterocycles. The van der Waals surface area contributed by atoms with E-state index < -0.39 is 0 Å². The highest BCUT2D eigenvalue weighted by Gasteiger charge is 2.18. The van der Waals surface area contributed by atoms with Crippen LogP contribution in [0, 0.1) is 0 Å². The highest BCUT2D eigenvalue weighted by Crippen LogP contribution is 2.34. The number of anilines is 2. The van der Waals surface area contributed by atoms with Gasteiger partial charge in [0.25, 0.3) is 0 Å². The predicted molar refractivity (Wildman–Crippen MR) is 103 cm³/mol. The Hall–Kier alpha value is -2.01. The zero-order chi connectivity index (χ0) is 17.3. The molecule has 0 fully saturated rings. The van der Waals surface area contributed by atoms with Crippen molar-refractivity contribution < 1.29 is 0 Å². The van der Waals surface area contributed by atoms with Crippen molar-refractivity contribution in [2.75, 3.05) is 17.3 Å². The number of halogens is 1. The van der Waals surface area contributed by atoms with Gasteiger partial charge in [0.1, 0.15) is 5.82 Å². The van der Waals surface area contributed by atoms with E-state index in [4.69, 9.17) is 23.1 Å². The van der Waals surface area contributed by atoms with E-state index in [1.807, 2.05) is 6.07 Å². The third-order valence-corrected chi connectivity index (χ3v) is 4.95. The number of hydrogen-bond donors (Lipinski definition) is 2. The lowest BCUT2D eigenvalue weighted by molar-refractivity contribution is 0.470. The first-order valence-corrected chi connectivity index (χ1v) is 9.05. The number of alkyl halides is 1. The summed E-state index contributed by atoms with van der Waals surface area (Å²) in [5, 5.41) is 1.99. The molecule has 0 radical (unpaired) electrons. The van der Waals surface area contributed by atoms with Crippen molar-refractivity contribution in [2.24, 2.45) is 0 Å². The van der Waals surface area contributed by atoms with Crippen LogP contribution in [0.25, 0.3) is 21.8 Å². The number of aryl methyl sites for hydroxylation is 1. The Bertz CT molecular complexity index is 867. The third kappa shape index (κ3) is 2.77. The Labute approximate surface area is 147 Å². The predicted octanol–water partition coefficient (Wildman–Crippen LogP) is 4.28. The van der Waals surface area contributed by atoms with E-state index in [0.717, 1.165) is 42.0 Å². The van der Waals surface area contributed by atoms with E-state index in [-0.39, 0.29) is 5.95 Å². The molecule has 0 saturated heterocycles. The number of nitrogens with two attached hydrogens (primary N) is 2. The molecular weight excluding hydrogens is 322 g/mol. The maximum absolute atomic E-state index is 6.16. The van der Waals surface area contributed by atoms with Gasteiger partial charge in [0.15, 0.2) is 0 Å². The molecule has 0 amide bonds. The van der Waals surface area contributed by atoms with Crippen LogP contribution in [0.1, 0.15) is 44.8 Å². The molecule has 0 atom stereocenters. The molecule has 0 bridgehead atoms. The lowest BCUT2D eigenvalue weighted by Crippen LogP contribution is -2.10. The summed E-state index contributed by atoms with van der Waals surface area (Å²) in [5.41, 5.74) is 15.2. The molecule has 2 heterocycles. The fourth-order valence-electron chi connectivity index (χ4n) is 3.56. The maximum atomic E-state index is 6.16. The summed E-state index contributed by atoms with van der Waals surface area (Å²) < 4.78 is 2.44. The zero-order valence-corrected chi connectivity index (χ0v) is 15.0. The van der Waals surface area contributed by atoms with Gasteiger partial charge in [-0.15, -0.1) is 11.6 Å². The van der Waals surface area contributed by atoms with Crippen LogP contribution in [0.4, 0.5) is 11.8 Å². The number of benzene rings is 1. The zero-order valence-electron chi connectivity index (χ0n) is 14.2. The highest BCUT2D eigenvalue weighted by atomic mass is 35.5. The molecule has 3 rings (SSSR count). The van der Waals surface area contributed by atoms with Crippen molar-refractivity contribution in [3.05, 3.63) is 23.9 Å². The van der Waals surface area contributed by atoms with Crippen LogP contribution in [0.3, 0.4) is 0 Å². The lowest BCUT2D eigenvalue weighted by atomic mass is 10.1. The fraction of sp³-hybridized carbons (Fsp3) is 0.444. The summed E-state index contributed by atoms with van der Waals surface area (Å²) in [6, 6.07) is 6.78. The van der Waals surface area contributed by atoms with Gasteiger partial charge in [0.05, 0.1) is 10.9 Å². The Morgan fingerprint density at radius 3 is 2.58 bits per heavy atom. The van der Waals surface area contributed by atoms with Gasteiger partial charge in [0, 0.05) is 28.5 Å². The second-order valence-electron chi connectivity index (χ2n) is 6.13. The standard InChI is InChI=1S/C18H24ClN5/c1-3-11(4-2)24-12(6-5-9-19)10-13-15(24)8-7-14-16(13)17(20)23-18(21)22-14/h7-8,10-11H,3-6,9H2,1-2H3,(H4,20,21,22,23). The number of rotatable bonds is 6. The summed E-state index contributed by atoms with van der Waals surface area (Å²) in [6.07, 6.45) is 4.07. The quantitative estimate of drug-likeness (QED) is 0.653. The first kappa shape index (κ1) is 16.8. The Morgan fingerprint density at radius 1 is 1.17 bits per heavy atom. The van der Waals surface area contributed by atoms with Crippen LogP contribution < -0.4 is 11.5 Å². The van der Waals surface area contributed by atoms with E-state index in [2.05, 4.69) is 40.5 Å². The molecule has 3 aromatic rings. The van der Waals surface area contributed by atoms with Gasteiger partial charge in [-0.2, -0.15) is 4.98 Å². The van der Waals surface area contributed by atoms with E-state index in [0.29, 0.717) is 17.7 Å². The van der Waals surface area contributed by atoms with E-state index in [1.54, 1.807) is 0 Å². The number of fused-ring (bicyclic) bond motifs is 3. The minimum Gasteiger partial charge on any atom is -0.383 e. The minimum atomic E-state index is 0.209. The van der Waals surface area contributed by atoms with Crippen molar-refractivity contribution >= 4 is 45.2 Å². The molecule has 5 nitrogen and oxygen atoms in total. The number of nitrogens with zero attached hydrogens (tertiary/aromatic N) is 3. The maximum Gasteiger partial charge on any atom is 0.222 e. The average Bonchev–Trinajstić information content (AvgIpc) is 2.92. The van der Waals surface area contributed by atoms with Gasteiger partial charge >= 0.3 is 0 Å². The third-order valence-electron chi connectivity index (χ3n) is 4.68. The minimum absolute atomic E-state index is 0.209. The van der Waals surface area contributed by atoms with Crippen molar-refractivity contribution in [3.8, 4) is 0 Å². The van der Waals surface area contributed by atoms with Crippen molar-refractivity contribution in [3.63, 3.8) is 0 Å². The van der Waals surface area contributed by atoms with E-state index >= 15 is 0 Å². The van der Waals surface area contributed by atoms with Crippen LogP contribution >= 0.6 is 11.6 Å². The van der Waals surface area contributed by atoms with Crippen LogP contribution in [0.5, 0.6) is 0 Å². The molecule has 128 valence electrons. The summed E-state index contributed by atoms with van der Waals surface area (Å²) in [6.45, 7) is 4.45. The van der Waals surface area contributed by atoms with Crippen LogP contribution in [-0.2, 0) is 6.42 Å².